The van der Waals surface area contributed by atoms with Crippen molar-refractivity contribution in [1.29, 1.82) is 0 Å². The Morgan fingerprint density at radius 1 is 1.10 bits per heavy atom. The molecule has 3 heteroatoms. The summed E-state index contributed by atoms with van der Waals surface area (Å²) in [6, 6.07) is 4.65. The lowest BCUT2D eigenvalue weighted by atomic mass is 9.51. The van der Waals surface area contributed by atoms with E-state index in [9.17, 15) is 9.18 Å². The average Bonchev–Trinajstić information content (AvgIpc) is 2.40. The van der Waals surface area contributed by atoms with Crippen molar-refractivity contribution in [3.8, 4) is 0 Å². The van der Waals surface area contributed by atoms with Crippen LogP contribution >= 0.6 is 15.9 Å². The Morgan fingerprint density at radius 3 is 2.29 bits per heavy atom. The molecular formula is C18H20BrFO. The summed E-state index contributed by atoms with van der Waals surface area (Å²) in [6.07, 6.45) is 6.95. The van der Waals surface area contributed by atoms with Crippen LogP contribution in [-0.4, -0.2) is 5.78 Å². The molecule has 4 bridgehead atoms. The van der Waals surface area contributed by atoms with Crippen LogP contribution in [0.3, 0.4) is 0 Å². The van der Waals surface area contributed by atoms with E-state index in [2.05, 4.69) is 15.9 Å². The number of benzene rings is 1. The van der Waals surface area contributed by atoms with Gasteiger partial charge in [-0.3, -0.25) is 4.79 Å². The van der Waals surface area contributed by atoms with Gasteiger partial charge in [0.25, 0.3) is 0 Å². The lowest BCUT2D eigenvalue weighted by Crippen LogP contribution is -2.48. The van der Waals surface area contributed by atoms with Crippen LogP contribution < -0.4 is 0 Å². The first-order valence-corrected chi connectivity index (χ1v) is 8.86. The van der Waals surface area contributed by atoms with Gasteiger partial charge in [0, 0.05) is 16.8 Å². The van der Waals surface area contributed by atoms with Gasteiger partial charge >= 0.3 is 0 Å². The van der Waals surface area contributed by atoms with Crippen molar-refractivity contribution in [2.24, 2.45) is 29.6 Å². The van der Waals surface area contributed by atoms with Crippen LogP contribution in [-0.2, 0) is 11.2 Å². The number of Topliss-reactive ketones (excluding diaryl/α,β-unsaturated/α-hetero) is 1. The highest BCUT2D eigenvalue weighted by molar-refractivity contribution is 9.10. The van der Waals surface area contributed by atoms with Gasteiger partial charge in [0.05, 0.1) is 0 Å². The topological polar surface area (TPSA) is 17.1 Å². The van der Waals surface area contributed by atoms with Crippen molar-refractivity contribution in [1.82, 2.24) is 0 Å². The van der Waals surface area contributed by atoms with Crippen molar-refractivity contribution < 1.29 is 9.18 Å². The number of halogens is 2. The average molecular weight is 351 g/mol. The number of carbonyl (C=O) groups excluding carboxylic acids is 1. The molecule has 0 radical (unpaired) electrons. The first-order chi connectivity index (χ1) is 10.1. The maximum absolute atomic E-state index is 13.2. The Labute approximate surface area is 133 Å². The van der Waals surface area contributed by atoms with E-state index in [1.165, 1.54) is 44.2 Å². The molecule has 0 aliphatic heterocycles. The normalized spacial score (nSPS) is 37.0. The third-order valence-electron chi connectivity index (χ3n) is 5.98. The highest BCUT2D eigenvalue weighted by Crippen LogP contribution is 2.56. The number of hydrogen-bond donors (Lipinski definition) is 0. The molecule has 0 atom stereocenters. The predicted molar refractivity (Wildman–Crippen MR) is 83.3 cm³/mol. The third kappa shape index (κ3) is 2.48. The van der Waals surface area contributed by atoms with E-state index >= 15 is 0 Å². The third-order valence-corrected chi connectivity index (χ3v) is 6.72. The molecule has 0 N–H and O–H groups in total. The lowest BCUT2D eigenvalue weighted by Gasteiger charge is -2.53. The van der Waals surface area contributed by atoms with Gasteiger partial charge in [-0.2, -0.15) is 0 Å². The van der Waals surface area contributed by atoms with Crippen molar-refractivity contribution in [2.75, 3.05) is 0 Å². The number of ketones is 1. The first kappa shape index (κ1) is 13.9. The molecule has 1 aromatic carbocycles. The molecule has 1 nitrogen and oxygen atoms in total. The monoisotopic (exact) mass is 350 g/mol. The minimum atomic E-state index is -0.257. The molecule has 0 spiro atoms. The second-order valence-electron chi connectivity index (χ2n) is 7.34. The van der Waals surface area contributed by atoms with Crippen LogP contribution in [0.1, 0.15) is 37.7 Å². The lowest BCUT2D eigenvalue weighted by molar-refractivity contribution is -0.135. The summed E-state index contributed by atoms with van der Waals surface area (Å²) in [5.74, 6) is 3.46. The minimum absolute atomic E-state index is 0.257. The van der Waals surface area contributed by atoms with Gasteiger partial charge in [-0.25, -0.2) is 4.39 Å². The van der Waals surface area contributed by atoms with Crippen LogP contribution in [0, 0.1) is 35.4 Å². The summed E-state index contributed by atoms with van der Waals surface area (Å²) in [5.41, 5.74) is 0.926. The fraction of sp³-hybridized carbons (Fsp3) is 0.611. The van der Waals surface area contributed by atoms with E-state index in [1.54, 1.807) is 6.07 Å². The van der Waals surface area contributed by atoms with E-state index in [0.29, 0.717) is 24.0 Å². The fourth-order valence-electron chi connectivity index (χ4n) is 5.42. The molecule has 0 saturated heterocycles. The quantitative estimate of drug-likeness (QED) is 0.767. The molecule has 4 fully saturated rings. The zero-order valence-electron chi connectivity index (χ0n) is 12.0. The molecule has 0 unspecified atom stereocenters. The molecular weight excluding hydrogens is 331 g/mol. The van der Waals surface area contributed by atoms with Gasteiger partial charge in [-0.05, 0) is 73.5 Å². The summed E-state index contributed by atoms with van der Waals surface area (Å²) < 4.78 is 13.9. The second-order valence-corrected chi connectivity index (χ2v) is 8.19. The number of rotatable bonds is 3. The summed E-state index contributed by atoms with van der Waals surface area (Å²) in [5, 5.41) is 0. The van der Waals surface area contributed by atoms with Crippen LogP contribution in [0.5, 0.6) is 0 Å². The van der Waals surface area contributed by atoms with Gasteiger partial charge in [0.1, 0.15) is 11.6 Å². The highest BCUT2D eigenvalue weighted by atomic mass is 79.9. The second kappa shape index (κ2) is 5.19. The predicted octanol–water partition coefficient (Wildman–Crippen LogP) is 4.77. The first-order valence-electron chi connectivity index (χ1n) is 8.07. The Bertz CT molecular complexity index is 555. The Balaban J connectivity index is 1.52. The molecule has 4 aliphatic rings. The molecule has 0 amide bonds. The summed E-state index contributed by atoms with van der Waals surface area (Å²) in [6.45, 7) is 0. The molecule has 4 saturated carbocycles. The van der Waals surface area contributed by atoms with Crippen LogP contribution in [0.4, 0.5) is 4.39 Å². The minimum Gasteiger partial charge on any atom is -0.299 e. The Morgan fingerprint density at radius 2 is 1.71 bits per heavy atom. The van der Waals surface area contributed by atoms with Crippen LogP contribution in [0.2, 0.25) is 0 Å². The van der Waals surface area contributed by atoms with Gasteiger partial charge in [0.15, 0.2) is 0 Å². The molecule has 112 valence electrons. The largest absolute Gasteiger partial charge is 0.299 e. The van der Waals surface area contributed by atoms with Crippen LogP contribution in [0.15, 0.2) is 22.7 Å². The van der Waals surface area contributed by atoms with Crippen molar-refractivity contribution in [3.05, 3.63) is 34.1 Å². The van der Waals surface area contributed by atoms with E-state index in [0.717, 1.165) is 21.9 Å². The van der Waals surface area contributed by atoms with Crippen molar-refractivity contribution in [3.63, 3.8) is 0 Å². The smallest absolute Gasteiger partial charge is 0.140 e. The zero-order valence-corrected chi connectivity index (χ0v) is 13.6. The standard InChI is InChI=1S/C18H20BrFO/c19-16-9-15(20)2-1-12(16)8-17(21)18-13-4-10-3-11(6-13)7-14(18)5-10/h1-2,9-11,13-14,18H,3-8H2. The molecule has 5 rings (SSSR count). The number of carbonyl (C=O) groups is 1. The SMILES string of the molecule is O=C(Cc1ccc(F)cc1Br)C1C2CC3CC(C2)CC1C3. The van der Waals surface area contributed by atoms with E-state index in [1.807, 2.05) is 0 Å². The van der Waals surface area contributed by atoms with E-state index < -0.39 is 0 Å². The maximum Gasteiger partial charge on any atom is 0.140 e. The van der Waals surface area contributed by atoms with Gasteiger partial charge in [0.2, 0.25) is 0 Å². The Hall–Kier alpha value is -0.700. The molecule has 4 aliphatic carbocycles. The maximum atomic E-state index is 13.2. The highest BCUT2D eigenvalue weighted by Gasteiger charge is 2.50. The van der Waals surface area contributed by atoms with Crippen molar-refractivity contribution in [2.45, 2.75) is 38.5 Å². The summed E-state index contributed by atoms with van der Waals surface area (Å²) in [4.78, 5) is 12.8. The fourth-order valence-corrected chi connectivity index (χ4v) is 5.91. The molecule has 0 aromatic heterocycles. The van der Waals surface area contributed by atoms with Gasteiger partial charge in [-0.1, -0.05) is 22.0 Å². The number of hydrogen-bond acceptors (Lipinski definition) is 1. The van der Waals surface area contributed by atoms with E-state index in [-0.39, 0.29) is 11.7 Å². The Kier molecular flexibility index (Phi) is 3.44. The summed E-state index contributed by atoms with van der Waals surface area (Å²) in [7, 11) is 0. The summed E-state index contributed by atoms with van der Waals surface area (Å²) >= 11 is 3.39. The van der Waals surface area contributed by atoms with Crippen molar-refractivity contribution >= 4 is 21.7 Å². The van der Waals surface area contributed by atoms with Crippen LogP contribution in [0.25, 0.3) is 0 Å². The zero-order chi connectivity index (χ0) is 14.6. The molecule has 21 heavy (non-hydrogen) atoms. The van der Waals surface area contributed by atoms with E-state index in [4.69, 9.17) is 0 Å². The van der Waals surface area contributed by atoms with Gasteiger partial charge < -0.3 is 0 Å². The molecule has 0 heterocycles. The van der Waals surface area contributed by atoms with Gasteiger partial charge in [-0.15, -0.1) is 0 Å². The molecule has 1 aromatic rings.